The van der Waals surface area contributed by atoms with E-state index in [1.54, 1.807) is 0 Å². The van der Waals surface area contributed by atoms with Crippen LogP contribution in [0.5, 0.6) is 11.5 Å². The van der Waals surface area contributed by atoms with Crippen LogP contribution in [-0.4, -0.2) is 9.55 Å². The maximum absolute atomic E-state index is 6.81. The third-order valence-electron chi connectivity index (χ3n) is 11.2. The van der Waals surface area contributed by atoms with Crippen LogP contribution in [0.1, 0.15) is 97.1 Å². The maximum atomic E-state index is 6.81. The Balaban J connectivity index is 0.00000512. The summed E-state index contributed by atoms with van der Waals surface area (Å²) < 4.78 is 9.02. The molecule has 0 amide bonds. The summed E-state index contributed by atoms with van der Waals surface area (Å²) in [6.45, 7) is 24.8. The van der Waals surface area contributed by atoms with Crippen molar-refractivity contribution >= 4 is 44.6 Å². The van der Waals surface area contributed by atoms with Crippen molar-refractivity contribution in [3.63, 3.8) is 0 Å². The van der Waals surface area contributed by atoms with E-state index in [1.807, 2.05) is 12.3 Å². The minimum atomic E-state index is -0.0137. The number of aryl methyl sites for hydroxylation is 2. The number of hydrogen-bond donors (Lipinski definition) is 0. The van der Waals surface area contributed by atoms with Crippen molar-refractivity contribution < 1.29 is 25.8 Å². The van der Waals surface area contributed by atoms with Crippen LogP contribution in [0.2, 0.25) is 0 Å². The van der Waals surface area contributed by atoms with E-state index < -0.39 is 0 Å². The van der Waals surface area contributed by atoms with Crippen LogP contribution >= 0.6 is 0 Å². The molecule has 0 atom stereocenters. The number of hydrogen-bond acceptors (Lipinski definition) is 4. The fourth-order valence-electron chi connectivity index (χ4n) is 8.12. The van der Waals surface area contributed by atoms with Gasteiger partial charge in [0, 0.05) is 61.3 Å². The average molecular weight is 947 g/mol. The van der Waals surface area contributed by atoms with E-state index in [-0.39, 0.29) is 31.9 Å². The molecule has 6 heteroatoms. The van der Waals surface area contributed by atoms with Crippen molar-refractivity contribution in [2.75, 3.05) is 9.80 Å². The van der Waals surface area contributed by atoms with Gasteiger partial charge in [-0.2, -0.15) is 11.6 Å². The predicted octanol–water partition coefficient (Wildman–Crippen LogP) is 13.9. The Morgan fingerprint density at radius 1 is 0.690 bits per heavy atom. The predicted molar refractivity (Wildman–Crippen MR) is 239 cm³/mol. The summed E-state index contributed by atoms with van der Waals surface area (Å²) in [6.07, 6.45) is 4.78. The minimum Gasteiger partial charge on any atom is -0.509 e. The Hall–Kier alpha value is -4.86. The van der Waals surface area contributed by atoms with Crippen LogP contribution in [0, 0.1) is 24.7 Å². The Kier molecular flexibility index (Phi) is 11.4. The Morgan fingerprint density at radius 3 is 2.07 bits per heavy atom. The number of para-hydroxylation sites is 1. The Bertz CT molecular complexity index is 2610. The van der Waals surface area contributed by atoms with Crippen LogP contribution in [0.15, 0.2) is 103 Å². The molecule has 0 radical (unpaired) electrons. The zero-order chi connectivity index (χ0) is 40.2. The van der Waals surface area contributed by atoms with Gasteiger partial charge in [-0.15, -0.1) is 48.1 Å². The first-order valence-corrected chi connectivity index (χ1v) is 20.6. The summed E-state index contributed by atoms with van der Waals surface area (Å²) in [6, 6.07) is 42.5. The van der Waals surface area contributed by atoms with E-state index in [4.69, 9.17) is 9.72 Å². The normalized spacial score (nSPS) is 13.1. The minimum absolute atomic E-state index is 0. The van der Waals surface area contributed by atoms with Crippen LogP contribution in [0.4, 0.5) is 22.7 Å². The van der Waals surface area contributed by atoms with E-state index in [1.165, 1.54) is 33.5 Å². The van der Waals surface area contributed by atoms with Crippen LogP contribution in [0.25, 0.3) is 27.6 Å². The monoisotopic (exact) mass is 946 g/mol. The molecular formula is C52H55N4OPt-3. The fraction of sp³-hybridized carbons (Fsp3) is 0.308. The average Bonchev–Trinajstić information content (AvgIpc) is 3.71. The number of rotatable bonds is 9. The van der Waals surface area contributed by atoms with Crippen molar-refractivity contribution in [2.24, 2.45) is 5.92 Å². The number of benzene rings is 5. The van der Waals surface area contributed by atoms with Crippen LogP contribution in [-0.2, 0) is 51.2 Å². The SMILES string of the molecule is CCc1cc2c(cc1CC)N(c1cccc(C(C)(C)C)c1)[CH-]N2c1[c-]c(Oc2[c-]c3c(cc2)c2ccccc2n3-c2cc(C(C)(C)C)ccn2)cc(CC(C)C)c1.[Pt]. The van der Waals surface area contributed by atoms with Gasteiger partial charge in [-0.1, -0.05) is 105 Å². The third-order valence-corrected chi connectivity index (χ3v) is 11.2. The fourth-order valence-corrected chi connectivity index (χ4v) is 8.12. The molecule has 0 spiro atoms. The van der Waals surface area contributed by atoms with E-state index in [9.17, 15) is 0 Å². The molecule has 2 aromatic heterocycles. The molecule has 0 saturated heterocycles. The molecule has 7 aromatic rings. The smallest absolute Gasteiger partial charge is 0.135 e. The van der Waals surface area contributed by atoms with Gasteiger partial charge >= 0.3 is 0 Å². The Morgan fingerprint density at radius 2 is 1.38 bits per heavy atom. The van der Waals surface area contributed by atoms with Crippen molar-refractivity contribution in [1.82, 2.24) is 9.55 Å². The van der Waals surface area contributed by atoms with Crippen LogP contribution < -0.4 is 14.5 Å². The second-order valence-electron chi connectivity index (χ2n) is 18.0. The standard InChI is InChI=1S/C52H55N4O.Pt/c1-11-36-27-48-49(28-37(36)12-2)55(33-54(48)40-17-15-16-38(29-40)51(5,6)7)41-25-35(24-34(3)4)26-43(31-41)57-42-20-21-45-44-18-13-14-19-46(44)56(47(45)32-42)50-30-39(22-23-53-50)52(8,9)10;/h13-23,25-30,33-34H,11-12,24H2,1-10H3;/q-3;. The van der Waals surface area contributed by atoms with E-state index in [2.05, 4.69) is 193 Å². The van der Waals surface area contributed by atoms with Gasteiger partial charge < -0.3 is 19.1 Å². The summed E-state index contributed by atoms with van der Waals surface area (Å²) in [7, 11) is 0. The summed E-state index contributed by atoms with van der Waals surface area (Å²) >= 11 is 0. The van der Waals surface area contributed by atoms with Gasteiger partial charge in [-0.3, -0.25) is 0 Å². The zero-order valence-corrected chi connectivity index (χ0v) is 37.9. The van der Waals surface area contributed by atoms with Gasteiger partial charge in [0.2, 0.25) is 0 Å². The zero-order valence-electron chi connectivity index (χ0n) is 35.6. The summed E-state index contributed by atoms with van der Waals surface area (Å²) in [5.74, 6) is 2.63. The van der Waals surface area contributed by atoms with E-state index >= 15 is 0 Å². The van der Waals surface area contributed by atoms with Crippen LogP contribution in [0.3, 0.4) is 0 Å². The summed E-state index contributed by atoms with van der Waals surface area (Å²) in [4.78, 5) is 9.52. The number of fused-ring (bicyclic) bond motifs is 4. The molecule has 0 bridgehead atoms. The second-order valence-corrected chi connectivity index (χ2v) is 18.0. The van der Waals surface area contributed by atoms with Gasteiger partial charge in [0.25, 0.3) is 0 Å². The topological polar surface area (TPSA) is 33.5 Å². The first-order valence-electron chi connectivity index (χ1n) is 20.6. The molecular weight excluding hydrogens is 892 g/mol. The molecule has 1 aliphatic heterocycles. The second kappa shape index (κ2) is 16.1. The summed E-state index contributed by atoms with van der Waals surface area (Å²) in [5, 5.41) is 2.26. The number of aromatic nitrogens is 2. The van der Waals surface area contributed by atoms with Gasteiger partial charge in [-0.05, 0) is 106 Å². The van der Waals surface area contributed by atoms with Gasteiger partial charge in [0.1, 0.15) is 5.82 Å². The number of nitrogens with zero attached hydrogens (tertiary/aromatic N) is 4. The summed E-state index contributed by atoms with van der Waals surface area (Å²) in [5.41, 5.74) is 13.0. The molecule has 3 heterocycles. The largest absolute Gasteiger partial charge is 0.509 e. The van der Waals surface area contributed by atoms with E-state index in [0.717, 1.165) is 63.9 Å². The van der Waals surface area contributed by atoms with Gasteiger partial charge in [-0.25, -0.2) is 4.98 Å². The number of pyridine rings is 1. The molecule has 302 valence electrons. The van der Waals surface area contributed by atoms with Crippen molar-refractivity contribution in [3.05, 3.63) is 150 Å². The maximum Gasteiger partial charge on any atom is 0.135 e. The molecule has 0 aliphatic carbocycles. The van der Waals surface area contributed by atoms with Crippen molar-refractivity contribution in [2.45, 2.75) is 99.3 Å². The first-order chi connectivity index (χ1) is 27.2. The quantitative estimate of drug-likeness (QED) is 0.135. The van der Waals surface area contributed by atoms with Crippen molar-refractivity contribution in [3.8, 4) is 17.3 Å². The molecule has 5 nitrogen and oxygen atoms in total. The molecule has 5 aromatic carbocycles. The van der Waals surface area contributed by atoms with E-state index in [0.29, 0.717) is 17.4 Å². The molecule has 58 heavy (non-hydrogen) atoms. The van der Waals surface area contributed by atoms with Gasteiger partial charge in [0.05, 0.1) is 0 Å². The third kappa shape index (κ3) is 7.95. The molecule has 0 unspecified atom stereocenters. The molecule has 0 fully saturated rings. The number of anilines is 4. The molecule has 8 rings (SSSR count). The molecule has 0 N–H and O–H groups in total. The molecule has 1 aliphatic rings. The Labute approximate surface area is 360 Å². The number of ether oxygens (including phenoxy) is 1. The first kappa shape index (κ1) is 41.3. The van der Waals surface area contributed by atoms with Crippen molar-refractivity contribution in [1.29, 1.82) is 0 Å². The molecule has 0 saturated carbocycles. The van der Waals surface area contributed by atoms with Gasteiger partial charge in [0.15, 0.2) is 0 Å².